The van der Waals surface area contributed by atoms with Gasteiger partial charge in [0.05, 0.1) is 16.1 Å². The van der Waals surface area contributed by atoms with Crippen LogP contribution in [0.25, 0.3) is 0 Å². The lowest BCUT2D eigenvalue weighted by Gasteiger charge is -2.22. The lowest BCUT2D eigenvalue weighted by atomic mass is 9.98. The number of nitrogens with one attached hydrogen (secondary N) is 1. The zero-order chi connectivity index (χ0) is 18.7. The van der Waals surface area contributed by atoms with Gasteiger partial charge in [-0.15, -0.1) is 0 Å². The number of aliphatic carboxylic acids is 1. The molecule has 1 aliphatic rings. The van der Waals surface area contributed by atoms with Gasteiger partial charge in [-0.2, -0.15) is 0 Å². The minimum atomic E-state index is -1.05. The molecule has 0 radical (unpaired) electrons. The Morgan fingerprint density at radius 3 is 2.31 bits per heavy atom. The van der Waals surface area contributed by atoms with E-state index in [2.05, 4.69) is 5.32 Å². The van der Waals surface area contributed by atoms with Crippen molar-refractivity contribution in [3.8, 4) is 0 Å². The number of amides is 1. The van der Waals surface area contributed by atoms with Crippen LogP contribution in [0.1, 0.15) is 30.0 Å². The van der Waals surface area contributed by atoms with Crippen molar-refractivity contribution >= 4 is 35.1 Å². The highest BCUT2D eigenvalue weighted by molar-refractivity contribution is 6.42. The number of hydrogen-bond acceptors (Lipinski definition) is 3. The molecule has 7 heteroatoms. The molecule has 0 aliphatic carbocycles. The molecule has 5 nitrogen and oxygen atoms in total. The molecule has 0 spiro atoms. The summed E-state index contributed by atoms with van der Waals surface area (Å²) in [5, 5.41) is 12.8. The number of carbonyl (C=O) groups excluding carboxylic acids is 1. The quantitative estimate of drug-likeness (QED) is 0.808. The van der Waals surface area contributed by atoms with E-state index in [1.807, 2.05) is 30.3 Å². The molecule has 1 saturated heterocycles. The summed E-state index contributed by atoms with van der Waals surface area (Å²) in [6, 6.07) is 14.1. The molecule has 2 N–H and O–H groups in total. The standard InChI is InChI=1S/C19H17Cl2NO4/c20-13-7-6-12(10-14(13)21)17(11-4-2-1-3-5-11)22-18(23)15-8-9-16(26-15)19(24)25/h1-7,10,15-17H,8-9H2,(H,22,23)(H,24,25)/t15-,16+,17?/m0/s1. The maximum Gasteiger partial charge on any atom is 0.332 e. The summed E-state index contributed by atoms with van der Waals surface area (Å²) < 4.78 is 5.34. The van der Waals surface area contributed by atoms with Crippen molar-refractivity contribution in [2.45, 2.75) is 31.1 Å². The van der Waals surface area contributed by atoms with Crippen molar-refractivity contribution in [3.05, 3.63) is 69.7 Å². The largest absolute Gasteiger partial charge is 0.479 e. The fourth-order valence-corrected chi connectivity index (χ4v) is 3.25. The van der Waals surface area contributed by atoms with E-state index in [9.17, 15) is 9.59 Å². The van der Waals surface area contributed by atoms with Crippen molar-refractivity contribution in [2.75, 3.05) is 0 Å². The molecular weight excluding hydrogens is 377 g/mol. The zero-order valence-electron chi connectivity index (χ0n) is 13.7. The number of hydrogen-bond donors (Lipinski definition) is 2. The third-order valence-corrected chi connectivity index (χ3v) is 5.02. The normalized spacial score (nSPS) is 20.5. The predicted octanol–water partition coefficient (Wildman–Crippen LogP) is 3.83. The Kier molecular flexibility index (Phi) is 5.81. The van der Waals surface area contributed by atoms with Gasteiger partial charge >= 0.3 is 5.97 Å². The summed E-state index contributed by atoms with van der Waals surface area (Å²) in [5.41, 5.74) is 1.64. The van der Waals surface area contributed by atoms with Crippen LogP contribution in [0.3, 0.4) is 0 Å². The van der Waals surface area contributed by atoms with Crippen LogP contribution in [0, 0.1) is 0 Å². The molecule has 1 amide bonds. The average Bonchev–Trinajstić information content (AvgIpc) is 3.13. The summed E-state index contributed by atoms with van der Waals surface area (Å²) in [7, 11) is 0. The van der Waals surface area contributed by atoms with E-state index in [4.69, 9.17) is 33.0 Å². The third-order valence-electron chi connectivity index (χ3n) is 4.28. The van der Waals surface area contributed by atoms with Gasteiger partial charge in [0, 0.05) is 0 Å². The first-order valence-corrected chi connectivity index (χ1v) is 8.90. The molecule has 1 unspecified atom stereocenters. The second kappa shape index (κ2) is 8.08. The van der Waals surface area contributed by atoms with Crippen molar-refractivity contribution in [1.29, 1.82) is 0 Å². The maximum absolute atomic E-state index is 12.6. The van der Waals surface area contributed by atoms with Gasteiger partial charge in [0.1, 0.15) is 6.10 Å². The molecule has 0 aromatic heterocycles. The van der Waals surface area contributed by atoms with Gasteiger partial charge in [-0.05, 0) is 36.1 Å². The van der Waals surface area contributed by atoms with Crippen molar-refractivity contribution < 1.29 is 19.4 Å². The molecule has 3 rings (SSSR count). The van der Waals surface area contributed by atoms with Crippen LogP contribution in [-0.4, -0.2) is 29.2 Å². The summed E-state index contributed by atoms with van der Waals surface area (Å²) in [4.78, 5) is 23.7. The smallest absolute Gasteiger partial charge is 0.332 e. The SMILES string of the molecule is O=C(NC(c1ccccc1)c1ccc(Cl)c(Cl)c1)[C@@H]1CC[C@H](C(=O)O)O1. The molecule has 1 fully saturated rings. The molecule has 2 aromatic carbocycles. The minimum Gasteiger partial charge on any atom is -0.479 e. The topological polar surface area (TPSA) is 75.6 Å². The van der Waals surface area contributed by atoms with Gasteiger partial charge in [0.25, 0.3) is 0 Å². The van der Waals surface area contributed by atoms with Gasteiger partial charge in [0.2, 0.25) is 5.91 Å². The van der Waals surface area contributed by atoms with E-state index in [1.54, 1.807) is 18.2 Å². The summed E-state index contributed by atoms with van der Waals surface area (Å²) >= 11 is 12.1. The summed E-state index contributed by atoms with van der Waals surface area (Å²) in [6.07, 6.45) is -1.04. The molecule has 26 heavy (non-hydrogen) atoms. The highest BCUT2D eigenvalue weighted by Crippen LogP contribution is 2.30. The van der Waals surface area contributed by atoms with E-state index >= 15 is 0 Å². The molecular formula is C19H17Cl2NO4. The van der Waals surface area contributed by atoms with E-state index in [0.717, 1.165) is 11.1 Å². The predicted molar refractivity (Wildman–Crippen MR) is 98.4 cm³/mol. The highest BCUT2D eigenvalue weighted by Gasteiger charge is 2.35. The van der Waals surface area contributed by atoms with Gasteiger partial charge in [0.15, 0.2) is 6.10 Å². The number of benzene rings is 2. The Balaban J connectivity index is 1.84. The van der Waals surface area contributed by atoms with Crippen LogP contribution in [0.4, 0.5) is 0 Å². The zero-order valence-corrected chi connectivity index (χ0v) is 15.2. The number of carboxylic acids is 1. The average molecular weight is 394 g/mol. The minimum absolute atomic E-state index is 0.316. The number of carboxylic acid groups (broad SMARTS) is 1. The summed E-state index contributed by atoms with van der Waals surface area (Å²) in [6.45, 7) is 0. The molecule has 0 bridgehead atoms. The molecule has 1 heterocycles. The van der Waals surface area contributed by atoms with E-state index in [0.29, 0.717) is 22.9 Å². The van der Waals surface area contributed by atoms with Crippen LogP contribution < -0.4 is 5.32 Å². The third kappa shape index (κ3) is 4.18. The van der Waals surface area contributed by atoms with Crippen LogP contribution in [0.2, 0.25) is 10.0 Å². The summed E-state index contributed by atoms with van der Waals surface area (Å²) in [5.74, 6) is -1.40. The van der Waals surface area contributed by atoms with Crippen LogP contribution >= 0.6 is 23.2 Å². The molecule has 2 aromatic rings. The highest BCUT2D eigenvalue weighted by atomic mass is 35.5. The molecule has 3 atom stereocenters. The maximum atomic E-state index is 12.6. The number of halogens is 2. The van der Waals surface area contributed by atoms with Gasteiger partial charge in [-0.25, -0.2) is 4.79 Å². The van der Waals surface area contributed by atoms with E-state index in [-0.39, 0.29) is 5.91 Å². The molecule has 1 aliphatic heterocycles. The van der Waals surface area contributed by atoms with Crippen molar-refractivity contribution in [2.24, 2.45) is 0 Å². The van der Waals surface area contributed by atoms with Crippen LogP contribution in [0.5, 0.6) is 0 Å². The Morgan fingerprint density at radius 1 is 1.00 bits per heavy atom. The first kappa shape index (κ1) is 18.7. The van der Waals surface area contributed by atoms with Crippen molar-refractivity contribution in [1.82, 2.24) is 5.32 Å². The van der Waals surface area contributed by atoms with Crippen LogP contribution in [-0.2, 0) is 14.3 Å². The number of carbonyl (C=O) groups is 2. The lowest BCUT2D eigenvalue weighted by Crippen LogP contribution is -2.38. The van der Waals surface area contributed by atoms with Gasteiger partial charge in [-0.3, -0.25) is 4.79 Å². The van der Waals surface area contributed by atoms with Crippen molar-refractivity contribution in [3.63, 3.8) is 0 Å². The van der Waals surface area contributed by atoms with E-state index < -0.39 is 24.2 Å². The first-order chi connectivity index (χ1) is 12.5. The second-order valence-corrected chi connectivity index (χ2v) is 6.87. The van der Waals surface area contributed by atoms with Crippen LogP contribution in [0.15, 0.2) is 48.5 Å². The second-order valence-electron chi connectivity index (χ2n) is 6.05. The fourth-order valence-electron chi connectivity index (χ4n) is 2.94. The Morgan fingerprint density at radius 2 is 1.69 bits per heavy atom. The monoisotopic (exact) mass is 393 g/mol. The lowest BCUT2D eigenvalue weighted by molar-refractivity contribution is -0.151. The molecule has 136 valence electrons. The van der Waals surface area contributed by atoms with E-state index in [1.165, 1.54) is 0 Å². The number of ether oxygens (including phenoxy) is 1. The van der Waals surface area contributed by atoms with Gasteiger partial charge in [-0.1, -0.05) is 59.6 Å². The van der Waals surface area contributed by atoms with Gasteiger partial charge < -0.3 is 15.2 Å². The number of rotatable bonds is 5. The molecule has 0 saturated carbocycles. The Hall–Kier alpha value is -2.08. The fraction of sp³-hybridized carbons (Fsp3) is 0.263. The first-order valence-electron chi connectivity index (χ1n) is 8.14. The Bertz CT molecular complexity index is 812. The Labute approximate surface area is 160 Å².